The molecule has 0 heterocycles. The summed E-state index contributed by atoms with van der Waals surface area (Å²) < 4.78 is 0. The highest BCUT2D eigenvalue weighted by atomic mass is 31.1. The molecule has 0 aromatic heterocycles. The maximum atomic E-state index is 2.44. The van der Waals surface area contributed by atoms with Crippen LogP contribution in [0.25, 0.3) is 0 Å². The predicted molar refractivity (Wildman–Crippen MR) is 128 cm³/mol. The van der Waals surface area contributed by atoms with Gasteiger partial charge in [-0.1, -0.05) is 123 Å². The zero-order valence-corrected chi connectivity index (χ0v) is 17.9. The average molecular weight is 400 g/mol. The van der Waals surface area contributed by atoms with Crippen molar-refractivity contribution in [1.29, 1.82) is 0 Å². The maximum absolute atomic E-state index is 2.44. The van der Waals surface area contributed by atoms with Crippen LogP contribution in [0.2, 0.25) is 0 Å². The summed E-state index contributed by atoms with van der Waals surface area (Å²) in [4.78, 5) is 0. The SMILES string of the molecule is C1=CCC(P(CCP(c2ccccc2)c2ccccc2)c2ccccc2)C=C1. The van der Waals surface area contributed by atoms with E-state index in [1.54, 1.807) is 5.30 Å². The van der Waals surface area contributed by atoms with Crippen molar-refractivity contribution in [1.82, 2.24) is 0 Å². The van der Waals surface area contributed by atoms with Gasteiger partial charge in [0.05, 0.1) is 0 Å². The zero-order chi connectivity index (χ0) is 19.0. The lowest BCUT2D eigenvalue weighted by atomic mass is 10.2. The van der Waals surface area contributed by atoms with Crippen molar-refractivity contribution >= 4 is 31.8 Å². The van der Waals surface area contributed by atoms with Gasteiger partial charge in [-0.15, -0.1) is 0 Å². The number of allylic oxidation sites excluding steroid dienone is 4. The van der Waals surface area contributed by atoms with E-state index in [0.29, 0.717) is 5.66 Å². The highest BCUT2D eigenvalue weighted by molar-refractivity contribution is 7.74. The molecule has 0 nitrogen and oxygen atoms in total. The second-order valence-corrected chi connectivity index (χ2v) is 11.9. The Morgan fingerprint density at radius 1 is 0.607 bits per heavy atom. The molecular weight excluding hydrogens is 374 g/mol. The topological polar surface area (TPSA) is 0 Å². The van der Waals surface area contributed by atoms with E-state index >= 15 is 0 Å². The second kappa shape index (κ2) is 9.97. The zero-order valence-electron chi connectivity index (χ0n) is 16.1. The quantitative estimate of drug-likeness (QED) is 0.439. The lowest BCUT2D eigenvalue weighted by Gasteiger charge is -2.28. The molecule has 3 aromatic carbocycles. The Morgan fingerprint density at radius 2 is 1.14 bits per heavy atom. The highest BCUT2D eigenvalue weighted by Gasteiger charge is 2.23. The van der Waals surface area contributed by atoms with Crippen molar-refractivity contribution in [2.24, 2.45) is 0 Å². The first-order valence-electron chi connectivity index (χ1n) is 9.94. The van der Waals surface area contributed by atoms with Crippen molar-refractivity contribution in [3.63, 3.8) is 0 Å². The normalized spacial score (nSPS) is 17.0. The van der Waals surface area contributed by atoms with E-state index in [1.165, 1.54) is 29.4 Å². The van der Waals surface area contributed by atoms with Gasteiger partial charge in [0.25, 0.3) is 0 Å². The fraction of sp³-hybridized carbons (Fsp3) is 0.154. The standard InChI is InChI=1S/C26H26P2/c1-5-13-23(14-6-1)27(24-15-7-2-8-16-24)21-22-28(25-17-9-3-10-18-25)26-19-11-4-12-20-26/h1-19,26H,20-22H2. The third-order valence-electron chi connectivity index (χ3n) is 5.15. The maximum Gasteiger partial charge on any atom is 0.00484 e. The lowest BCUT2D eigenvalue weighted by Crippen LogP contribution is -2.20. The Labute approximate surface area is 171 Å². The summed E-state index contributed by atoms with van der Waals surface area (Å²) in [5.41, 5.74) is 0.658. The van der Waals surface area contributed by atoms with Crippen molar-refractivity contribution < 1.29 is 0 Å². The molecule has 0 amide bonds. The van der Waals surface area contributed by atoms with Gasteiger partial charge in [0.2, 0.25) is 0 Å². The van der Waals surface area contributed by atoms with Crippen LogP contribution in [0, 0.1) is 0 Å². The summed E-state index contributed by atoms with van der Waals surface area (Å²) in [7, 11) is -0.530. The Bertz CT molecular complexity index is 861. The van der Waals surface area contributed by atoms with E-state index in [2.05, 4.69) is 115 Å². The molecule has 0 fully saturated rings. The molecule has 2 atom stereocenters. The average Bonchev–Trinajstić information content (AvgIpc) is 2.79. The van der Waals surface area contributed by atoms with Crippen LogP contribution >= 0.6 is 15.8 Å². The number of benzene rings is 3. The summed E-state index contributed by atoms with van der Waals surface area (Å²) in [5.74, 6) is 0. The van der Waals surface area contributed by atoms with E-state index in [-0.39, 0.29) is 15.8 Å². The highest BCUT2D eigenvalue weighted by Crippen LogP contribution is 2.47. The summed E-state index contributed by atoms with van der Waals surface area (Å²) in [6.45, 7) is 0. The van der Waals surface area contributed by atoms with Crippen LogP contribution < -0.4 is 15.9 Å². The molecule has 1 aliphatic carbocycles. The Hall–Kier alpha value is -2.00. The Kier molecular flexibility index (Phi) is 6.88. The summed E-state index contributed by atoms with van der Waals surface area (Å²) in [6, 6.07) is 33.4. The fourth-order valence-corrected chi connectivity index (χ4v) is 9.49. The first-order chi connectivity index (χ1) is 13.9. The minimum absolute atomic E-state index is 0.209. The van der Waals surface area contributed by atoms with Crippen LogP contribution in [0.3, 0.4) is 0 Å². The third kappa shape index (κ3) is 4.88. The van der Waals surface area contributed by atoms with Crippen molar-refractivity contribution in [2.45, 2.75) is 12.1 Å². The Balaban J connectivity index is 1.60. The van der Waals surface area contributed by atoms with Gasteiger partial charge in [0.1, 0.15) is 0 Å². The molecule has 0 aliphatic heterocycles. The second-order valence-electron chi connectivity index (χ2n) is 6.97. The van der Waals surface area contributed by atoms with E-state index in [0.717, 1.165) is 0 Å². The van der Waals surface area contributed by atoms with Gasteiger partial charge in [0.15, 0.2) is 0 Å². The minimum atomic E-state index is -0.321. The number of rotatable bonds is 7. The molecular formula is C26H26P2. The molecule has 0 bridgehead atoms. The van der Waals surface area contributed by atoms with Gasteiger partial charge in [-0.05, 0) is 42.6 Å². The van der Waals surface area contributed by atoms with Gasteiger partial charge in [-0.2, -0.15) is 0 Å². The smallest absolute Gasteiger partial charge is 0.00484 e. The lowest BCUT2D eigenvalue weighted by molar-refractivity contribution is 1.04. The molecule has 3 aromatic rings. The van der Waals surface area contributed by atoms with Crippen LogP contribution in [-0.4, -0.2) is 18.0 Å². The van der Waals surface area contributed by atoms with Gasteiger partial charge in [-0.25, -0.2) is 0 Å². The molecule has 1 aliphatic rings. The molecule has 0 saturated carbocycles. The summed E-state index contributed by atoms with van der Waals surface area (Å²) >= 11 is 0. The van der Waals surface area contributed by atoms with E-state index in [4.69, 9.17) is 0 Å². The molecule has 140 valence electrons. The van der Waals surface area contributed by atoms with Crippen molar-refractivity contribution in [2.75, 3.05) is 12.3 Å². The van der Waals surface area contributed by atoms with Crippen molar-refractivity contribution in [3.8, 4) is 0 Å². The molecule has 0 spiro atoms. The number of hydrogen-bond acceptors (Lipinski definition) is 0. The van der Waals surface area contributed by atoms with Crippen molar-refractivity contribution in [3.05, 3.63) is 115 Å². The fourth-order valence-electron chi connectivity index (χ4n) is 3.74. The van der Waals surface area contributed by atoms with Crippen LogP contribution in [-0.2, 0) is 0 Å². The van der Waals surface area contributed by atoms with Crippen LogP contribution in [0.1, 0.15) is 6.42 Å². The summed E-state index contributed by atoms with van der Waals surface area (Å²) in [5, 5.41) is 4.52. The Morgan fingerprint density at radius 3 is 1.64 bits per heavy atom. The molecule has 4 rings (SSSR count). The molecule has 28 heavy (non-hydrogen) atoms. The van der Waals surface area contributed by atoms with Gasteiger partial charge in [0, 0.05) is 5.66 Å². The predicted octanol–water partition coefficient (Wildman–Crippen LogP) is 5.81. The molecule has 0 N–H and O–H groups in total. The van der Waals surface area contributed by atoms with Gasteiger partial charge in [-0.3, -0.25) is 0 Å². The van der Waals surface area contributed by atoms with Crippen LogP contribution in [0.5, 0.6) is 0 Å². The third-order valence-corrected chi connectivity index (χ3v) is 10.9. The van der Waals surface area contributed by atoms with E-state index in [1.807, 2.05) is 0 Å². The van der Waals surface area contributed by atoms with Crippen LogP contribution in [0.15, 0.2) is 115 Å². The van der Waals surface area contributed by atoms with Crippen LogP contribution in [0.4, 0.5) is 0 Å². The monoisotopic (exact) mass is 400 g/mol. The molecule has 2 heteroatoms. The van der Waals surface area contributed by atoms with E-state index < -0.39 is 0 Å². The first kappa shape index (κ1) is 19.3. The van der Waals surface area contributed by atoms with Gasteiger partial charge >= 0.3 is 0 Å². The first-order valence-corrected chi connectivity index (χ1v) is 13.1. The molecule has 0 radical (unpaired) electrons. The largest absolute Gasteiger partial charge is 0.0836 e. The van der Waals surface area contributed by atoms with E-state index in [9.17, 15) is 0 Å². The summed E-state index contributed by atoms with van der Waals surface area (Å²) in [6.07, 6.45) is 12.9. The minimum Gasteiger partial charge on any atom is -0.0836 e. The van der Waals surface area contributed by atoms with Gasteiger partial charge < -0.3 is 0 Å². The molecule has 2 unspecified atom stereocenters. The number of hydrogen-bond donors (Lipinski definition) is 0. The molecule has 0 saturated heterocycles.